The lowest BCUT2D eigenvalue weighted by atomic mass is 10.1. The molecule has 0 amide bonds. The van der Waals surface area contributed by atoms with Crippen LogP contribution in [0.1, 0.15) is 11.1 Å². The van der Waals surface area contributed by atoms with E-state index in [1.807, 2.05) is 0 Å². The third-order valence-corrected chi connectivity index (χ3v) is 5.58. The molecule has 164 valence electrons. The van der Waals surface area contributed by atoms with Gasteiger partial charge in [0.2, 0.25) is 0 Å². The summed E-state index contributed by atoms with van der Waals surface area (Å²) in [6.45, 7) is 1.80. The Balaban J connectivity index is 1.80. The topological polar surface area (TPSA) is 78.1 Å². The SMILES string of the molecule is Cc1cccc(-n2c(=O)c3cc4c(=O)n(-c5cccc(C(F)(F)F)c5)c(=O)c4cc3c2=O)c1. The summed E-state index contributed by atoms with van der Waals surface area (Å²) in [5.41, 5.74) is -3.13. The molecule has 5 rings (SSSR count). The van der Waals surface area contributed by atoms with Gasteiger partial charge in [0.15, 0.2) is 0 Å². The highest BCUT2D eigenvalue weighted by Gasteiger charge is 2.31. The van der Waals surface area contributed by atoms with E-state index in [2.05, 4.69) is 0 Å². The third-order valence-electron chi connectivity index (χ3n) is 5.58. The van der Waals surface area contributed by atoms with Crippen molar-refractivity contribution in [3.63, 3.8) is 0 Å². The highest BCUT2D eigenvalue weighted by atomic mass is 19.4. The predicted molar refractivity (Wildman–Crippen MR) is 117 cm³/mol. The number of rotatable bonds is 2. The molecule has 0 bridgehead atoms. The number of aryl methyl sites for hydroxylation is 1. The van der Waals surface area contributed by atoms with Gasteiger partial charge in [-0.2, -0.15) is 13.2 Å². The van der Waals surface area contributed by atoms with Crippen molar-refractivity contribution in [3.8, 4) is 11.4 Å². The lowest BCUT2D eigenvalue weighted by Crippen LogP contribution is -2.24. The Morgan fingerprint density at radius 2 is 1.03 bits per heavy atom. The number of hydrogen-bond acceptors (Lipinski definition) is 4. The summed E-state index contributed by atoms with van der Waals surface area (Å²) in [4.78, 5) is 51.9. The number of nitrogens with zero attached hydrogens (tertiary/aromatic N) is 2. The zero-order valence-electron chi connectivity index (χ0n) is 16.9. The van der Waals surface area contributed by atoms with Crippen molar-refractivity contribution in [2.24, 2.45) is 0 Å². The first-order valence-electron chi connectivity index (χ1n) is 9.77. The summed E-state index contributed by atoms with van der Waals surface area (Å²) in [5, 5.41) is -0.397. The molecule has 6 nitrogen and oxygen atoms in total. The molecular weight excluding hydrogens is 437 g/mol. The molecule has 2 heterocycles. The molecule has 0 saturated carbocycles. The van der Waals surface area contributed by atoms with Crippen LogP contribution in [0.5, 0.6) is 0 Å². The van der Waals surface area contributed by atoms with Crippen molar-refractivity contribution in [2.45, 2.75) is 13.1 Å². The minimum atomic E-state index is -4.66. The van der Waals surface area contributed by atoms with Crippen molar-refractivity contribution in [1.29, 1.82) is 0 Å². The van der Waals surface area contributed by atoms with E-state index in [1.165, 1.54) is 6.07 Å². The largest absolute Gasteiger partial charge is 0.416 e. The highest BCUT2D eigenvalue weighted by molar-refractivity contribution is 5.98. The maximum atomic E-state index is 13.1. The molecule has 0 aliphatic rings. The molecule has 0 spiro atoms. The number of alkyl halides is 3. The average molecular weight is 450 g/mol. The number of aromatic nitrogens is 2. The molecule has 9 heteroatoms. The minimum absolute atomic E-state index is 0.0488. The van der Waals surface area contributed by atoms with Gasteiger partial charge < -0.3 is 0 Å². The zero-order valence-corrected chi connectivity index (χ0v) is 16.9. The van der Waals surface area contributed by atoms with Crippen LogP contribution in [0.25, 0.3) is 32.9 Å². The standard InChI is InChI=1S/C24H13F3N2O4/c1-12-4-2-6-14(8-12)28-20(30)16-10-18-19(11-17(16)21(28)31)23(33)29(22(18)32)15-7-3-5-13(9-15)24(25,26)27/h2-11H,1H3. The van der Waals surface area contributed by atoms with Crippen LogP contribution < -0.4 is 22.2 Å². The average Bonchev–Trinajstić information content (AvgIpc) is 3.16. The van der Waals surface area contributed by atoms with Gasteiger partial charge in [-0.1, -0.05) is 18.2 Å². The van der Waals surface area contributed by atoms with Crippen molar-refractivity contribution < 1.29 is 13.2 Å². The number of benzene rings is 3. The van der Waals surface area contributed by atoms with Gasteiger partial charge in [0.05, 0.1) is 38.5 Å². The van der Waals surface area contributed by atoms with Gasteiger partial charge in [-0.05, 0) is 55.0 Å². The maximum absolute atomic E-state index is 13.1. The van der Waals surface area contributed by atoms with Crippen LogP contribution in [0, 0.1) is 6.92 Å². The van der Waals surface area contributed by atoms with Crippen LogP contribution in [0.2, 0.25) is 0 Å². The molecule has 0 radical (unpaired) electrons. The smallest absolute Gasteiger partial charge is 0.268 e. The van der Waals surface area contributed by atoms with Crippen LogP contribution in [-0.2, 0) is 6.18 Å². The highest BCUT2D eigenvalue weighted by Crippen LogP contribution is 2.30. The van der Waals surface area contributed by atoms with E-state index >= 15 is 0 Å². The van der Waals surface area contributed by atoms with Crippen molar-refractivity contribution >= 4 is 21.5 Å². The molecule has 0 aliphatic heterocycles. The Kier molecular flexibility index (Phi) is 4.29. The van der Waals surface area contributed by atoms with Gasteiger partial charge in [-0.15, -0.1) is 0 Å². The Bertz CT molecular complexity index is 1720. The van der Waals surface area contributed by atoms with Crippen molar-refractivity contribution in [3.05, 3.63) is 113 Å². The zero-order chi connectivity index (χ0) is 23.7. The fourth-order valence-electron chi connectivity index (χ4n) is 4.03. The van der Waals surface area contributed by atoms with E-state index in [1.54, 1.807) is 31.2 Å². The normalized spacial score (nSPS) is 12.1. The number of fused-ring (bicyclic) bond motifs is 2. The lowest BCUT2D eigenvalue weighted by molar-refractivity contribution is -0.137. The Morgan fingerprint density at radius 1 is 0.606 bits per heavy atom. The second-order valence-electron chi connectivity index (χ2n) is 7.72. The number of halogens is 3. The molecule has 0 unspecified atom stereocenters. The second kappa shape index (κ2) is 6.86. The summed E-state index contributed by atoms with van der Waals surface area (Å²) in [7, 11) is 0. The van der Waals surface area contributed by atoms with E-state index < -0.39 is 34.0 Å². The Hall–Kier alpha value is -4.27. The molecule has 3 aromatic carbocycles. The molecular formula is C24H13F3N2O4. The molecule has 33 heavy (non-hydrogen) atoms. The molecule has 2 aromatic heterocycles. The van der Waals surface area contributed by atoms with Crippen LogP contribution in [0.4, 0.5) is 13.2 Å². The first-order valence-corrected chi connectivity index (χ1v) is 9.77. The van der Waals surface area contributed by atoms with Crippen molar-refractivity contribution in [1.82, 2.24) is 9.13 Å². The van der Waals surface area contributed by atoms with Gasteiger partial charge in [0.25, 0.3) is 22.2 Å². The first kappa shape index (κ1) is 20.6. The van der Waals surface area contributed by atoms with Crippen molar-refractivity contribution in [2.75, 3.05) is 0 Å². The minimum Gasteiger partial charge on any atom is -0.268 e. The van der Waals surface area contributed by atoms with E-state index in [0.29, 0.717) is 16.3 Å². The molecule has 5 aromatic rings. The van der Waals surface area contributed by atoms with Gasteiger partial charge in [0.1, 0.15) is 0 Å². The second-order valence-corrected chi connectivity index (χ2v) is 7.72. The van der Waals surface area contributed by atoms with E-state index in [0.717, 1.165) is 34.4 Å². The van der Waals surface area contributed by atoms with E-state index in [4.69, 9.17) is 0 Å². The molecule has 0 atom stereocenters. The summed E-state index contributed by atoms with van der Waals surface area (Å²) >= 11 is 0. The van der Waals surface area contributed by atoms with E-state index in [9.17, 15) is 32.3 Å². The summed E-state index contributed by atoms with van der Waals surface area (Å²) in [6.07, 6.45) is -4.66. The number of hydrogen-bond donors (Lipinski definition) is 0. The molecule has 0 fully saturated rings. The molecule has 0 aliphatic carbocycles. The summed E-state index contributed by atoms with van der Waals surface area (Å²) in [5.74, 6) is 0. The molecule has 0 saturated heterocycles. The first-order chi connectivity index (χ1) is 15.6. The monoisotopic (exact) mass is 450 g/mol. The summed E-state index contributed by atoms with van der Waals surface area (Å²) < 4.78 is 40.9. The van der Waals surface area contributed by atoms with Crippen LogP contribution in [0.3, 0.4) is 0 Å². The lowest BCUT2D eigenvalue weighted by Gasteiger charge is -2.08. The Labute approximate surface area is 182 Å². The fraction of sp³-hybridized carbons (Fsp3) is 0.0833. The molecule has 0 N–H and O–H groups in total. The van der Waals surface area contributed by atoms with Crippen LogP contribution in [0.15, 0.2) is 79.8 Å². The van der Waals surface area contributed by atoms with Gasteiger partial charge >= 0.3 is 6.18 Å². The predicted octanol–water partition coefficient (Wildman–Crippen LogP) is 3.22. The third kappa shape index (κ3) is 3.04. The van der Waals surface area contributed by atoms with Crippen LogP contribution >= 0.6 is 0 Å². The van der Waals surface area contributed by atoms with Gasteiger partial charge in [0, 0.05) is 0 Å². The maximum Gasteiger partial charge on any atom is 0.416 e. The van der Waals surface area contributed by atoms with Gasteiger partial charge in [-0.25, -0.2) is 9.13 Å². The summed E-state index contributed by atoms with van der Waals surface area (Å²) in [6, 6.07) is 12.9. The quantitative estimate of drug-likeness (QED) is 0.414. The fourth-order valence-corrected chi connectivity index (χ4v) is 4.03. The van der Waals surface area contributed by atoms with Gasteiger partial charge in [-0.3, -0.25) is 19.2 Å². The van der Waals surface area contributed by atoms with E-state index in [-0.39, 0.29) is 27.2 Å². The Morgan fingerprint density at radius 3 is 1.45 bits per heavy atom. The van der Waals surface area contributed by atoms with Crippen LogP contribution in [-0.4, -0.2) is 9.13 Å².